The Balaban J connectivity index is 2.31. The zero-order valence-electron chi connectivity index (χ0n) is 10.1. The summed E-state index contributed by atoms with van der Waals surface area (Å²) in [5, 5.41) is 3.09. The van der Waals surface area contributed by atoms with Crippen molar-refractivity contribution in [2.24, 2.45) is 23.5 Å². The molecule has 3 N–H and O–H groups in total. The minimum absolute atomic E-state index is 0.00288. The lowest BCUT2D eigenvalue weighted by Crippen LogP contribution is -2.37. The van der Waals surface area contributed by atoms with E-state index < -0.39 is 0 Å². The molecule has 3 nitrogen and oxygen atoms in total. The second-order valence-electron chi connectivity index (χ2n) is 5.08. The monoisotopic (exact) mass is 212 g/mol. The Morgan fingerprint density at radius 1 is 1.53 bits per heavy atom. The van der Waals surface area contributed by atoms with Crippen molar-refractivity contribution in [3.8, 4) is 0 Å². The van der Waals surface area contributed by atoms with Crippen molar-refractivity contribution in [2.75, 3.05) is 6.54 Å². The van der Waals surface area contributed by atoms with Gasteiger partial charge < -0.3 is 11.1 Å². The predicted molar refractivity (Wildman–Crippen MR) is 62.3 cm³/mol. The molecule has 0 bridgehead atoms. The number of carbonyl (C=O) groups excluding carboxylic acids is 1. The van der Waals surface area contributed by atoms with Crippen LogP contribution >= 0.6 is 0 Å². The van der Waals surface area contributed by atoms with Gasteiger partial charge in [-0.15, -0.1) is 0 Å². The first-order chi connectivity index (χ1) is 7.08. The third-order valence-corrected chi connectivity index (χ3v) is 3.19. The Bertz CT molecular complexity index is 216. The lowest BCUT2D eigenvalue weighted by Gasteiger charge is -2.16. The van der Waals surface area contributed by atoms with Crippen molar-refractivity contribution < 1.29 is 4.79 Å². The topological polar surface area (TPSA) is 55.1 Å². The van der Waals surface area contributed by atoms with Crippen LogP contribution in [-0.4, -0.2) is 18.5 Å². The Labute approximate surface area is 92.8 Å². The Kier molecular flexibility index (Phi) is 4.58. The Hall–Kier alpha value is -0.570. The fraction of sp³-hybridized carbons (Fsp3) is 0.917. The highest BCUT2D eigenvalue weighted by atomic mass is 16.2. The van der Waals surface area contributed by atoms with Crippen LogP contribution in [0.1, 0.15) is 40.0 Å². The van der Waals surface area contributed by atoms with Gasteiger partial charge in [0, 0.05) is 12.6 Å². The average molecular weight is 212 g/mol. The number of carbonyl (C=O) groups is 1. The molecule has 1 fully saturated rings. The molecule has 1 aliphatic rings. The molecule has 0 radical (unpaired) electrons. The molecule has 1 amide bonds. The lowest BCUT2D eigenvalue weighted by molar-refractivity contribution is -0.125. The van der Waals surface area contributed by atoms with Gasteiger partial charge in [-0.25, -0.2) is 0 Å². The van der Waals surface area contributed by atoms with Crippen molar-refractivity contribution in [1.82, 2.24) is 5.32 Å². The van der Waals surface area contributed by atoms with Crippen LogP contribution in [0.15, 0.2) is 0 Å². The van der Waals surface area contributed by atoms with E-state index in [4.69, 9.17) is 5.73 Å². The fourth-order valence-corrected chi connectivity index (χ4v) is 2.06. The van der Waals surface area contributed by atoms with E-state index in [1.807, 2.05) is 0 Å². The summed E-state index contributed by atoms with van der Waals surface area (Å²) in [5.74, 6) is 1.41. The van der Waals surface area contributed by atoms with Gasteiger partial charge in [0.2, 0.25) is 5.91 Å². The van der Waals surface area contributed by atoms with E-state index in [2.05, 4.69) is 26.1 Å². The van der Waals surface area contributed by atoms with E-state index in [1.54, 1.807) is 0 Å². The molecular weight excluding hydrogens is 188 g/mol. The molecule has 15 heavy (non-hydrogen) atoms. The molecule has 0 aromatic heterocycles. The molecule has 1 aliphatic carbocycles. The smallest absolute Gasteiger partial charge is 0.224 e. The standard InChI is InChI=1S/C12H24N2O/c1-4-9-6-11(9)14-12(15)10(7-13)5-8(2)3/h8-11H,4-7,13H2,1-3H3,(H,14,15). The van der Waals surface area contributed by atoms with Crippen LogP contribution in [0.5, 0.6) is 0 Å². The van der Waals surface area contributed by atoms with Crippen molar-refractivity contribution >= 4 is 5.91 Å². The highest BCUT2D eigenvalue weighted by Gasteiger charge is 2.37. The molecule has 0 aliphatic heterocycles. The predicted octanol–water partition coefficient (Wildman–Crippen LogP) is 1.52. The molecule has 3 atom stereocenters. The Morgan fingerprint density at radius 2 is 2.20 bits per heavy atom. The molecule has 1 rings (SSSR count). The zero-order chi connectivity index (χ0) is 11.4. The molecule has 0 spiro atoms. The average Bonchev–Trinajstić information content (AvgIpc) is 2.92. The number of hydrogen-bond acceptors (Lipinski definition) is 2. The highest BCUT2D eigenvalue weighted by Crippen LogP contribution is 2.33. The number of nitrogens with one attached hydrogen (secondary N) is 1. The molecule has 0 saturated heterocycles. The summed E-state index contributed by atoms with van der Waals surface area (Å²) in [6.45, 7) is 6.89. The Morgan fingerprint density at radius 3 is 2.60 bits per heavy atom. The van der Waals surface area contributed by atoms with Gasteiger partial charge in [-0.2, -0.15) is 0 Å². The normalized spacial score (nSPS) is 26.5. The zero-order valence-corrected chi connectivity index (χ0v) is 10.1. The van der Waals surface area contributed by atoms with Crippen molar-refractivity contribution in [3.63, 3.8) is 0 Å². The molecule has 0 heterocycles. The first-order valence-corrected chi connectivity index (χ1v) is 6.08. The van der Waals surface area contributed by atoms with Gasteiger partial charge in [0.1, 0.15) is 0 Å². The maximum absolute atomic E-state index is 11.8. The lowest BCUT2D eigenvalue weighted by atomic mass is 9.96. The SMILES string of the molecule is CCC1CC1NC(=O)C(CN)CC(C)C. The van der Waals surface area contributed by atoms with Gasteiger partial charge in [-0.3, -0.25) is 4.79 Å². The summed E-state index contributed by atoms with van der Waals surface area (Å²) in [6, 6.07) is 0.434. The third kappa shape index (κ3) is 3.82. The first kappa shape index (κ1) is 12.5. The van der Waals surface area contributed by atoms with Crippen molar-refractivity contribution in [2.45, 2.75) is 46.1 Å². The van der Waals surface area contributed by atoms with Crippen LogP contribution < -0.4 is 11.1 Å². The summed E-state index contributed by atoms with van der Waals surface area (Å²) in [6.07, 6.45) is 3.22. The van der Waals surface area contributed by atoms with Gasteiger partial charge in [-0.05, 0) is 24.7 Å². The van der Waals surface area contributed by atoms with Crippen LogP contribution in [-0.2, 0) is 4.79 Å². The van der Waals surface area contributed by atoms with Crippen LogP contribution in [0.25, 0.3) is 0 Å². The van der Waals surface area contributed by atoms with Gasteiger partial charge in [0.05, 0.1) is 5.92 Å². The molecular formula is C12H24N2O. The minimum atomic E-state index is 0.00288. The highest BCUT2D eigenvalue weighted by molar-refractivity contribution is 5.79. The quantitative estimate of drug-likeness (QED) is 0.701. The molecule has 3 unspecified atom stereocenters. The summed E-state index contributed by atoms with van der Waals surface area (Å²) in [4.78, 5) is 11.8. The van der Waals surface area contributed by atoms with E-state index in [0.717, 1.165) is 12.8 Å². The van der Waals surface area contributed by atoms with Gasteiger partial charge in [0.25, 0.3) is 0 Å². The maximum Gasteiger partial charge on any atom is 0.224 e. The van der Waals surface area contributed by atoms with Gasteiger partial charge in [0.15, 0.2) is 0 Å². The van der Waals surface area contributed by atoms with E-state index in [-0.39, 0.29) is 11.8 Å². The second-order valence-corrected chi connectivity index (χ2v) is 5.08. The van der Waals surface area contributed by atoms with Crippen molar-refractivity contribution in [1.29, 1.82) is 0 Å². The number of rotatable bonds is 6. The van der Waals surface area contributed by atoms with Gasteiger partial charge >= 0.3 is 0 Å². The second kappa shape index (κ2) is 5.50. The van der Waals surface area contributed by atoms with E-state index >= 15 is 0 Å². The number of hydrogen-bond donors (Lipinski definition) is 2. The molecule has 88 valence electrons. The summed E-state index contributed by atoms with van der Waals surface area (Å²) in [5.41, 5.74) is 5.62. The summed E-state index contributed by atoms with van der Waals surface area (Å²) >= 11 is 0. The summed E-state index contributed by atoms with van der Waals surface area (Å²) in [7, 11) is 0. The fourth-order valence-electron chi connectivity index (χ4n) is 2.06. The largest absolute Gasteiger partial charge is 0.353 e. The molecule has 1 saturated carbocycles. The molecule has 0 aromatic rings. The molecule has 0 aromatic carbocycles. The van der Waals surface area contributed by atoms with Crippen LogP contribution in [0.2, 0.25) is 0 Å². The van der Waals surface area contributed by atoms with E-state index in [9.17, 15) is 4.79 Å². The van der Waals surface area contributed by atoms with Gasteiger partial charge in [-0.1, -0.05) is 27.2 Å². The maximum atomic E-state index is 11.8. The first-order valence-electron chi connectivity index (χ1n) is 6.08. The number of amides is 1. The van der Waals surface area contributed by atoms with E-state index in [0.29, 0.717) is 24.4 Å². The van der Waals surface area contributed by atoms with Crippen LogP contribution in [0, 0.1) is 17.8 Å². The van der Waals surface area contributed by atoms with Crippen molar-refractivity contribution in [3.05, 3.63) is 0 Å². The summed E-state index contributed by atoms with van der Waals surface area (Å²) < 4.78 is 0. The molecule has 3 heteroatoms. The number of nitrogens with two attached hydrogens (primary N) is 1. The minimum Gasteiger partial charge on any atom is -0.353 e. The van der Waals surface area contributed by atoms with Crippen LogP contribution in [0.4, 0.5) is 0 Å². The van der Waals surface area contributed by atoms with E-state index in [1.165, 1.54) is 6.42 Å². The third-order valence-electron chi connectivity index (χ3n) is 3.19. The van der Waals surface area contributed by atoms with Crippen LogP contribution in [0.3, 0.4) is 0 Å².